The van der Waals surface area contributed by atoms with E-state index in [-0.39, 0.29) is 7.43 Å². The lowest BCUT2D eigenvalue weighted by molar-refractivity contribution is 0.246. The number of thiazole rings is 1. The lowest BCUT2D eigenvalue weighted by atomic mass is 10.1. The topological polar surface area (TPSA) is 106 Å². The van der Waals surface area contributed by atoms with Crippen molar-refractivity contribution in [3.05, 3.63) is 40.3 Å². The van der Waals surface area contributed by atoms with Gasteiger partial charge in [0, 0.05) is 11.6 Å². The second kappa shape index (κ2) is 9.09. The number of nitrogens with zero attached hydrogens (tertiary/aromatic N) is 2. The van der Waals surface area contributed by atoms with Gasteiger partial charge in [0.1, 0.15) is 23.1 Å². The lowest BCUT2D eigenvalue weighted by Crippen LogP contribution is -2.47. The van der Waals surface area contributed by atoms with Gasteiger partial charge in [0.25, 0.3) is 0 Å². The molecule has 0 aliphatic rings. The number of urea groups is 1. The first-order valence-corrected chi connectivity index (χ1v) is 7.73. The first-order chi connectivity index (χ1) is 10.7. The van der Waals surface area contributed by atoms with E-state index in [9.17, 15) is 4.79 Å². The predicted octanol–water partition coefficient (Wildman–Crippen LogP) is 2.57. The molecule has 0 aliphatic carbocycles. The maximum Gasteiger partial charge on any atom is 0.350 e. The molecular weight excluding hydrogens is 314 g/mol. The van der Waals surface area contributed by atoms with E-state index in [1.54, 1.807) is 12.3 Å². The highest BCUT2D eigenvalue weighted by Crippen LogP contribution is 2.32. The molecule has 0 saturated heterocycles. The van der Waals surface area contributed by atoms with Crippen LogP contribution < -0.4 is 26.9 Å². The van der Waals surface area contributed by atoms with Crippen LogP contribution in [0.4, 0.5) is 10.5 Å². The van der Waals surface area contributed by atoms with Crippen LogP contribution in [0, 0.1) is 0 Å². The maximum atomic E-state index is 11.7. The molecule has 2 aromatic rings. The highest BCUT2D eigenvalue weighted by atomic mass is 32.1. The molecule has 7 nitrogen and oxygen atoms in total. The van der Waals surface area contributed by atoms with E-state index in [4.69, 9.17) is 16.4 Å². The normalized spacial score (nSPS) is 9.87. The number of ether oxygens (including phenoxy) is 1. The Hall–Kier alpha value is -2.16. The van der Waals surface area contributed by atoms with Crippen molar-refractivity contribution in [2.45, 2.75) is 33.8 Å². The van der Waals surface area contributed by atoms with E-state index in [1.807, 2.05) is 22.9 Å². The summed E-state index contributed by atoms with van der Waals surface area (Å²) in [5.74, 6) is 11.5. The van der Waals surface area contributed by atoms with E-state index in [0.717, 1.165) is 28.4 Å². The molecule has 126 valence electrons. The maximum absolute atomic E-state index is 11.7. The number of carbonyl (C=O) groups excluding carboxylic acids is 1. The molecule has 8 heteroatoms. The van der Waals surface area contributed by atoms with Crippen molar-refractivity contribution in [2.24, 2.45) is 11.7 Å². The molecule has 0 fully saturated rings. The number of para-hydroxylation sites is 1. The van der Waals surface area contributed by atoms with Gasteiger partial charge in [-0.15, -0.1) is 11.3 Å². The largest absolute Gasteiger partial charge is 0.484 e. The molecule has 0 spiro atoms. The van der Waals surface area contributed by atoms with Gasteiger partial charge in [-0.2, -0.15) is 0 Å². The number of nitrogens with two attached hydrogens (primary N) is 2. The molecule has 0 aliphatic heterocycles. The summed E-state index contributed by atoms with van der Waals surface area (Å²) in [7, 11) is 0. The van der Waals surface area contributed by atoms with Crippen molar-refractivity contribution in [2.75, 3.05) is 5.01 Å². The summed E-state index contributed by atoms with van der Waals surface area (Å²) in [5.41, 5.74) is 3.45. The minimum absolute atomic E-state index is 0. The van der Waals surface area contributed by atoms with E-state index in [1.165, 1.54) is 11.3 Å². The molecule has 5 N–H and O–H groups in total. The van der Waals surface area contributed by atoms with Gasteiger partial charge in [-0.05, 0) is 18.1 Å². The SMILES string of the molecule is C.CCCc1cccc(N(N)C(=O)NN)c1OCc1nccs1. The zero-order valence-electron chi connectivity index (χ0n) is 12.3. The molecule has 0 unspecified atom stereocenters. The highest BCUT2D eigenvalue weighted by Gasteiger charge is 2.18. The Balaban J connectivity index is 0.00000264. The summed E-state index contributed by atoms with van der Waals surface area (Å²) < 4.78 is 5.89. The molecule has 0 saturated carbocycles. The summed E-state index contributed by atoms with van der Waals surface area (Å²) in [5, 5.41) is 3.68. The van der Waals surface area contributed by atoms with Gasteiger partial charge >= 0.3 is 6.03 Å². The van der Waals surface area contributed by atoms with Gasteiger partial charge in [-0.1, -0.05) is 32.9 Å². The number of rotatable bonds is 6. The van der Waals surface area contributed by atoms with Crippen molar-refractivity contribution < 1.29 is 9.53 Å². The zero-order chi connectivity index (χ0) is 15.9. The van der Waals surface area contributed by atoms with Crippen LogP contribution in [0.1, 0.15) is 31.3 Å². The fourth-order valence-corrected chi connectivity index (χ4v) is 2.56. The Morgan fingerprint density at radius 3 is 2.87 bits per heavy atom. The second-order valence-corrected chi connectivity index (χ2v) is 5.53. The van der Waals surface area contributed by atoms with Crippen molar-refractivity contribution in [3.8, 4) is 5.75 Å². The molecule has 23 heavy (non-hydrogen) atoms. The van der Waals surface area contributed by atoms with Crippen LogP contribution >= 0.6 is 11.3 Å². The zero-order valence-corrected chi connectivity index (χ0v) is 13.1. The van der Waals surface area contributed by atoms with Crippen molar-refractivity contribution in [1.82, 2.24) is 10.4 Å². The third-order valence-corrected chi connectivity index (χ3v) is 3.77. The van der Waals surface area contributed by atoms with Gasteiger partial charge in [0.15, 0.2) is 0 Å². The van der Waals surface area contributed by atoms with Gasteiger partial charge in [0.05, 0.1) is 0 Å². The molecule has 0 bridgehead atoms. The van der Waals surface area contributed by atoms with Crippen LogP contribution in [0.25, 0.3) is 0 Å². The minimum Gasteiger partial charge on any atom is -0.484 e. The van der Waals surface area contributed by atoms with Crippen molar-refractivity contribution in [1.29, 1.82) is 0 Å². The third-order valence-electron chi connectivity index (χ3n) is 3.02. The van der Waals surface area contributed by atoms with Crippen LogP contribution in [0.15, 0.2) is 29.8 Å². The number of amides is 2. The van der Waals surface area contributed by atoms with Crippen molar-refractivity contribution >= 4 is 23.1 Å². The van der Waals surface area contributed by atoms with Crippen LogP contribution in [-0.4, -0.2) is 11.0 Å². The van der Waals surface area contributed by atoms with E-state index >= 15 is 0 Å². The Morgan fingerprint density at radius 1 is 1.48 bits per heavy atom. The van der Waals surface area contributed by atoms with Gasteiger partial charge in [-0.25, -0.2) is 26.5 Å². The smallest absolute Gasteiger partial charge is 0.350 e. The number of aryl methyl sites for hydroxylation is 1. The number of aromatic nitrogens is 1. The molecule has 2 amide bonds. The number of hydrogen-bond acceptors (Lipinski definition) is 6. The predicted molar refractivity (Wildman–Crippen MR) is 93.0 cm³/mol. The molecule has 0 atom stereocenters. The van der Waals surface area contributed by atoms with Crippen LogP contribution in [0.5, 0.6) is 5.75 Å². The summed E-state index contributed by atoms with van der Waals surface area (Å²) in [6.45, 7) is 2.40. The Labute approximate surface area is 140 Å². The fraction of sp³-hybridized carbons (Fsp3) is 0.333. The van der Waals surface area contributed by atoms with E-state index < -0.39 is 6.03 Å². The van der Waals surface area contributed by atoms with E-state index in [2.05, 4.69) is 11.9 Å². The average Bonchev–Trinajstić information content (AvgIpc) is 3.05. The fourth-order valence-electron chi connectivity index (χ4n) is 2.03. The second-order valence-electron chi connectivity index (χ2n) is 4.55. The number of hydrogen-bond donors (Lipinski definition) is 3. The minimum atomic E-state index is -0.618. The number of hydrazine groups is 2. The number of anilines is 1. The van der Waals surface area contributed by atoms with Crippen LogP contribution in [-0.2, 0) is 13.0 Å². The Morgan fingerprint density at radius 2 is 2.26 bits per heavy atom. The quantitative estimate of drug-likeness (QED) is 0.427. The monoisotopic (exact) mass is 337 g/mol. The third kappa shape index (κ3) is 4.65. The lowest BCUT2D eigenvalue weighted by Gasteiger charge is -2.21. The van der Waals surface area contributed by atoms with Crippen molar-refractivity contribution in [3.63, 3.8) is 0 Å². The molecule has 1 aromatic carbocycles. The van der Waals surface area contributed by atoms with Gasteiger partial charge in [-0.3, -0.25) is 5.43 Å². The number of carbonyl (C=O) groups is 1. The number of nitrogens with one attached hydrogen (secondary N) is 1. The Kier molecular flexibility index (Phi) is 7.46. The molecular formula is C15H23N5O2S. The number of benzene rings is 1. The van der Waals surface area contributed by atoms with Crippen LogP contribution in [0.3, 0.4) is 0 Å². The van der Waals surface area contributed by atoms with Gasteiger partial charge < -0.3 is 4.74 Å². The van der Waals surface area contributed by atoms with Gasteiger partial charge in [0.2, 0.25) is 0 Å². The Bertz CT molecular complexity index is 618. The molecule has 2 rings (SSSR count). The molecule has 1 heterocycles. The summed E-state index contributed by atoms with van der Waals surface area (Å²) >= 11 is 1.51. The first-order valence-electron chi connectivity index (χ1n) is 6.85. The summed E-state index contributed by atoms with van der Waals surface area (Å²) in [6.07, 6.45) is 3.49. The summed E-state index contributed by atoms with van der Waals surface area (Å²) in [4.78, 5) is 15.8. The molecule has 0 radical (unpaired) electrons. The van der Waals surface area contributed by atoms with E-state index in [0.29, 0.717) is 18.0 Å². The first kappa shape index (κ1) is 18.9. The standard InChI is InChI=1S/C14H19N5O2S.CH4/c1-2-4-10-5-3-6-11(19(16)14(20)18-15)13(10)21-9-12-17-7-8-22-12;/h3,5-8H,2,4,9,15-16H2,1H3,(H,18,20);1H4. The summed E-state index contributed by atoms with van der Waals surface area (Å²) in [6, 6.07) is 4.89. The van der Waals surface area contributed by atoms with Crippen LogP contribution in [0.2, 0.25) is 0 Å². The average molecular weight is 337 g/mol. The molecule has 1 aromatic heterocycles. The highest BCUT2D eigenvalue weighted by molar-refractivity contribution is 7.09.